The van der Waals surface area contributed by atoms with E-state index in [1.165, 1.54) is 11.3 Å². The number of carbonyl (C=O) groups is 2. The topological polar surface area (TPSA) is 105 Å². The number of nitrogens with one attached hydrogen (secondary N) is 1. The Bertz CT molecular complexity index is 1310. The van der Waals surface area contributed by atoms with E-state index in [9.17, 15) is 9.59 Å². The fourth-order valence-electron chi connectivity index (χ4n) is 3.22. The standard InChI is InChI=1S/C24H22N4O5S/c1-15-10-11-25-28(15)17-6-4-16(5-7-17)23(30)33-13-22(29)27-24-26-20(14-34-24)19-12-18(31-2)8-9-21(19)32-3/h4-12,14H,13H2,1-3H3,(H,26,27,29). The van der Waals surface area contributed by atoms with Crippen LogP contribution in [-0.2, 0) is 9.53 Å². The summed E-state index contributed by atoms with van der Waals surface area (Å²) in [5, 5.41) is 9.04. The molecule has 0 spiro atoms. The first-order chi connectivity index (χ1) is 16.5. The van der Waals surface area contributed by atoms with Crippen molar-refractivity contribution in [1.82, 2.24) is 14.8 Å². The predicted octanol–water partition coefficient (Wildman–Crippen LogP) is 4.12. The summed E-state index contributed by atoms with van der Waals surface area (Å²) in [5.74, 6) is 0.205. The molecule has 0 saturated heterocycles. The molecule has 10 heteroatoms. The number of hydrogen-bond acceptors (Lipinski definition) is 8. The van der Waals surface area contributed by atoms with E-state index in [2.05, 4.69) is 15.4 Å². The Kier molecular flexibility index (Phi) is 6.88. The van der Waals surface area contributed by atoms with Crippen LogP contribution in [0.1, 0.15) is 16.1 Å². The van der Waals surface area contributed by atoms with Crippen LogP contribution in [0.4, 0.5) is 5.13 Å². The highest BCUT2D eigenvalue weighted by Gasteiger charge is 2.15. The van der Waals surface area contributed by atoms with Crippen LogP contribution in [-0.4, -0.2) is 47.5 Å². The van der Waals surface area contributed by atoms with Crippen molar-refractivity contribution in [3.05, 3.63) is 71.4 Å². The number of aromatic nitrogens is 3. The maximum atomic E-state index is 12.3. The average molecular weight is 479 g/mol. The predicted molar refractivity (Wildman–Crippen MR) is 128 cm³/mol. The SMILES string of the molecule is COc1ccc(OC)c(-c2csc(NC(=O)COC(=O)c3ccc(-n4nccc4C)cc3)n2)c1. The first-order valence-corrected chi connectivity index (χ1v) is 11.1. The fourth-order valence-corrected chi connectivity index (χ4v) is 3.94. The smallest absolute Gasteiger partial charge is 0.338 e. The second kappa shape index (κ2) is 10.2. The maximum absolute atomic E-state index is 12.3. The van der Waals surface area contributed by atoms with Crippen molar-refractivity contribution in [2.75, 3.05) is 26.1 Å². The molecule has 0 bridgehead atoms. The van der Waals surface area contributed by atoms with E-state index < -0.39 is 18.5 Å². The van der Waals surface area contributed by atoms with Crippen molar-refractivity contribution in [1.29, 1.82) is 0 Å². The summed E-state index contributed by atoms with van der Waals surface area (Å²) >= 11 is 1.25. The molecule has 34 heavy (non-hydrogen) atoms. The molecule has 0 aliphatic heterocycles. The number of ether oxygens (including phenoxy) is 3. The second-order valence-corrected chi connectivity index (χ2v) is 8.02. The molecule has 0 saturated carbocycles. The van der Waals surface area contributed by atoms with Gasteiger partial charge in [-0.2, -0.15) is 5.10 Å². The van der Waals surface area contributed by atoms with Crippen LogP contribution in [0, 0.1) is 6.92 Å². The first kappa shape index (κ1) is 23.0. The van der Waals surface area contributed by atoms with Gasteiger partial charge in [0, 0.05) is 22.8 Å². The van der Waals surface area contributed by atoms with Gasteiger partial charge < -0.3 is 14.2 Å². The van der Waals surface area contributed by atoms with Gasteiger partial charge in [-0.05, 0) is 55.5 Å². The number of aryl methyl sites for hydroxylation is 1. The van der Waals surface area contributed by atoms with Gasteiger partial charge in [-0.15, -0.1) is 11.3 Å². The van der Waals surface area contributed by atoms with Crippen LogP contribution in [0.25, 0.3) is 16.9 Å². The van der Waals surface area contributed by atoms with E-state index in [0.717, 1.165) is 16.9 Å². The van der Waals surface area contributed by atoms with E-state index in [1.54, 1.807) is 72.9 Å². The Morgan fingerprint density at radius 3 is 2.53 bits per heavy atom. The number of rotatable bonds is 8. The van der Waals surface area contributed by atoms with Crippen LogP contribution in [0.5, 0.6) is 11.5 Å². The molecule has 0 radical (unpaired) electrons. The molecular formula is C24H22N4O5S. The lowest BCUT2D eigenvalue weighted by atomic mass is 10.1. The summed E-state index contributed by atoms with van der Waals surface area (Å²) in [6.07, 6.45) is 1.70. The lowest BCUT2D eigenvalue weighted by Gasteiger charge is -2.08. The molecule has 0 aliphatic rings. The summed E-state index contributed by atoms with van der Waals surface area (Å²) in [4.78, 5) is 29.0. The molecule has 2 aromatic heterocycles. The number of esters is 1. The molecule has 0 atom stereocenters. The summed E-state index contributed by atoms with van der Waals surface area (Å²) in [7, 11) is 3.15. The van der Waals surface area contributed by atoms with Crippen molar-refractivity contribution in [3.8, 4) is 28.4 Å². The van der Waals surface area contributed by atoms with Gasteiger partial charge in [0.05, 0.1) is 31.2 Å². The highest BCUT2D eigenvalue weighted by molar-refractivity contribution is 7.14. The zero-order valence-electron chi connectivity index (χ0n) is 18.8. The van der Waals surface area contributed by atoms with Gasteiger partial charge in [0.1, 0.15) is 11.5 Å². The average Bonchev–Trinajstić information content (AvgIpc) is 3.51. The molecule has 1 N–H and O–H groups in total. The molecule has 4 rings (SSSR count). The van der Waals surface area contributed by atoms with Gasteiger partial charge in [-0.25, -0.2) is 14.5 Å². The van der Waals surface area contributed by atoms with E-state index in [4.69, 9.17) is 14.2 Å². The van der Waals surface area contributed by atoms with Gasteiger partial charge in [0.2, 0.25) is 0 Å². The monoisotopic (exact) mass is 478 g/mol. The van der Waals surface area contributed by atoms with Crippen LogP contribution in [0.2, 0.25) is 0 Å². The van der Waals surface area contributed by atoms with E-state index >= 15 is 0 Å². The fraction of sp³-hybridized carbons (Fsp3) is 0.167. The Morgan fingerprint density at radius 1 is 1.06 bits per heavy atom. The molecule has 0 unspecified atom stereocenters. The summed E-state index contributed by atoms with van der Waals surface area (Å²) in [6, 6.07) is 14.1. The minimum Gasteiger partial charge on any atom is -0.497 e. The van der Waals surface area contributed by atoms with Gasteiger partial charge in [0.25, 0.3) is 5.91 Å². The molecular weight excluding hydrogens is 456 g/mol. The largest absolute Gasteiger partial charge is 0.497 e. The molecule has 1 amide bonds. The number of carbonyl (C=O) groups excluding carboxylic acids is 2. The Morgan fingerprint density at radius 2 is 1.85 bits per heavy atom. The number of amides is 1. The molecule has 4 aromatic rings. The molecule has 2 heterocycles. The van der Waals surface area contributed by atoms with Crippen molar-refractivity contribution >= 4 is 28.3 Å². The number of nitrogens with zero attached hydrogens (tertiary/aromatic N) is 3. The molecule has 0 fully saturated rings. The van der Waals surface area contributed by atoms with Crippen molar-refractivity contribution < 1.29 is 23.8 Å². The quantitative estimate of drug-likeness (QED) is 0.380. The number of anilines is 1. The maximum Gasteiger partial charge on any atom is 0.338 e. The zero-order chi connectivity index (χ0) is 24.1. The first-order valence-electron chi connectivity index (χ1n) is 10.2. The van der Waals surface area contributed by atoms with Gasteiger partial charge in [0.15, 0.2) is 11.7 Å². The highest BCUT2D eigenvalue weighted by atomic mass is 32.1. The molecule has 174 valence electrons. The third kappa shape index (κ3) is 5.07. The zero-order valence-corrected chi connectivity index (χ0v) is 19.6. The number of hydrogen-bond donors (Lipinski definition) is 1. The number of benzene rings is 2. The molecule has 0 aliphatic carbocycles. The highest BCUT2D eigenvalue weighted by Crippen LogP contribution is 2.35. The van der Waals surface area contributed by atoms with Gasteiger partial charge >= 0.3 is 5.97 Å². The molecule has 2 aromatic carbocycles. The lowest BCUT2D eigenvalue weighted by Crippen LogP contribution is -2.20. The van der Waals surface area contributed by atoms with Crippen LogP contribution < -0.4 is 14.8 Å². The van der Waals surface area contributed by atoms with Crippen molar-refractivity contribution in [2.45, 2.75) is 6.92 Å². The lowest BCUT2D eigenvalue weighted by molar-refractivity contribution is -0.119. The third-order valence-electron chi connectivity index (χ3n) is 4.95. The third-order valence-corrected chi connectivity index (χ3v) is 5.70. The van der Waals surface area contributed by atoms with Crippen molar-refractivity contribution in [2.24, 2.45) is 0 Å². The van der Waals surface area contributed by atoms with Crippen LogP contribution >= 0.6 is 11.3 Å². The van der Waals surface area contributed by atoms with Crippen LogP contribution in [0.3, 0.4) is 0 Å². The normalized spacial score (nSPS) is 10.6. The minimum absolute atomic E-state index is 0.336. The second-order valence-electron chi connectivity index (χ2n) is 7.16. The van der Waals surface area contributed by atoms with Crippen LogP contribution in [0.15, 0.2) is 60.1 Å². The Labute approximate surface area is 199 Å². The molecule has 9 nitrogen and oxygen atoms in total. The van der Waals surface area contributed by atoms with Gasteiger partial charge in [-0.1, -0.05) is 0 Å². The summed E-state index contributed by atoms with van der Waals surface area (Å²) in [6.45, 7) is 1.50. The van der Waals surface area contributed by atoms with E-state index in [-0.39, 0.29) is 0 Å². The van der Waals surface area contributed by atoms with Gasteiger partial charge in [-0.3, -0.25) is 10.1 Å². The van der Waals surface area contributed by atoms with E-state index in [0.29, 0.717) is 27.9 Å². The Balaban J connectivity index is 1.35. The Hall–Kier alpha value is -4.18. The summed E-state index contributed by atoms with van der Waals surface area (Å²) in [5.41, 5.74) is 3.49. The number of methoxy groups -OCH3 is 2. The van der Waals surface area contributed by atoms with E-state index in [1.807, 2.05) is 13.0 Å². The summed E-state index contributed by atoms with van der Waals surface area (Å²) < 4.78 is 17.6. The number of thiazole rings is 1. The minimum atomic E-state index is -0.597. The van der Waals surface area contributed by atoms with Crippen molar-refractivity contribution in [3.63, 3.8) is 0 Å².